The van der Waals surface area contributed by atoms with Crippen LogP contribution in [0.2, 0.25) is 0 Å². The highest BCUT2D eigenvalue weighted by Crippen LogP contribution is 2.42. The Morgan fingerprint density at radius 1 is 0.864 bits per heavy atom. The van der Waals surface area contributed by atoms with Crippen molar-refractivity contribution in [2.24, 2.45) is 0 Å². The summed E-state index contributed by atoms with van der Waals surface area (Å²) in [6.45, 7) is -0.0121. The normalized spacial score (nSPS) is 12.6. The van der Waals surface area contributed by atoms with E-state index >= 15 is 0 Å². The first kappa shape index (κ1) is 14.3. The molecule has 0 unspecified atom stereocenters. The van der Waals surface area contributed by atoms with E-state index in [2.05, 4.69) is 0 Å². The summed E-state index contributed by atoms with van der Waals surface area (Å²) in [4.78, 5) is 12.3. The lowest BCUT2D eigenvalue weighted by atomic mass is 9.96. The molecule has 0 aliphatic carbocycles. The van der Waals surface area contributed by atoms with Crippen molar-refractivity contribution in [3.63, 3.8) is 0 Å². The summed E-state index contributed by atoms with van der Waals surface area (Å²) < 4.78 is 21.5. The summed E-state index contributed by atoms with van der Waals surface area (Å²) in [5, 5.41) is 0. The van der Waals surface area contributed by atoms with Gasteiger partial charge in [0.05, 0.1) is 21.3 Å². The third kappa shape index (κ3) is 2.24. The number of rotatable bonds is 3. The van der Waals surface area contributed by atoms with Gasteiger partial charge in [0.25, 0.3) is 0 Å². The van der Waals surface area contributed by atoms with E-state index in [0.717, 1.165) is 11.1 Å². The van der Waals surface area contributed by atoms with Crippen LogP contribution in [0.15, 0.2) is 30.3 Å². The molecule has 5 nitrogen and oxygen atoms in total. The summed E-state index contributed by atoms with van der Waals surface area (Å²) >= 11 is 0. The highest BCUT2D eigenvalue weighted by molar-refractivity contribution is 6.05. The average Bonchev–Trinajstić information content (AvgIpc) is 2.70. The van der Waals surface area contributed by atoms with Crippen molar-refractivity contribution in [3.8, 4) is 34.1 Å². The first-order chi connectivity index (χ1) is 10.7. The number of Topliss-reactive ketones (excluding diaryl/α,β-unsaturated/α-hetero) is 1. The quantitative estimate of drug-likeness (QED) is 0.872. The summed E-state index contributed by atoms with van der Waals surface area (Å²) in [7, 11) is 4.70. The van der Waals surface area contributed by atoms with Crippen LogP contribution in [0, 0.1) is 0 Å². The monoisotopic (exact) mass is 300 g/mol. The predicted molar refractivity (Wildman–Crippen MR) is 81.4 cm³/mol. The number of fused-ring (bicyclic) bond motifs is 3. The van der Waals surface area contributed by atoms with Crippen LogP contribution in [0.1, 0.15) is 10.4 Å². The smallest absolute Gasteiger partial charge is 0.200 e. The first-order valence-corrected chi connectivity index (χ1v) is 6.78. The Morgan fingerprint density at radius 2 is 1.55 bits per heavy atom. The minimum atomic E-state index is -0.105. The minimum absolute atomic E-state index is 0.0121. The number of carbonyl (C=O) groups is 1. The van der Waals surface area contributed by atoms with Gasteiger partial charge in [0.15, 0.2) is 18.1 Å². The van der Waals surface area contributed by atoms with Crippen LogP contribution >= 0.6 is 0 Å². The maximum absolute atomic E-state index is 12.3. The van der Waals surface area contributed by atoms with E-state index in [1.807, 2.05) is 6.07 Å². The summed E-state index contributed by atoms with van der Waals surface area (Å²) in [6.07, 6.45) is 0. The molecule has 2 aromatic carbocycles. The molecule has 0 fully saturated rings. The molecule has 22 heavy (non-hydrogen) atoms. The Labute approximate surface area is 128 Å². The number of ether oxygens (including phenoxy) is 4. The van der Waals surface area contributed by atoms with E-state index in [0.29, 0.717) is 28.6 Å². The number of benzene rings is 2. The molecule has 3 rings (SSSR count). The molecule has 0 aromatic heterocycles. The second-order valence-electron chi connectivity index (χ2n) is 4.83. The third-order valence-electron chi connectivity index (χ3n) is 3.66. The maximum atomic E-state index is 12.3. The van der Waals surface area contributed by atoms with Crippen molar-refractivity contribution >= 4 is 5.78 Å². The predicted octanol–water partition coefficient (Wildman–Crippen LogP) is 2.95. The van der Waals surface area contributed by atoms with Crippen molar-refractivity contribution in [1.82, 2.24) is 0 Å². The number of hydrogen-bond donors (Lipinski definition) is 0. The second-order valence-corrected chi connectivity index (χ2v) is 4.83. The van der Waals surface area contributed by atoms with Gasteiger partial charge in [-0.15, -0.1) is 0 Å². The molecule has 1 aliphatic rings. The van der Waals surface area contributed by atoms with Gasteiger partial charge in [-0.05, 0) is 30.3 Å². The molecule has 2 aromatic rings. The Balaban J connectivity index is 2.29. The van der Waals surface area contributed by atoms with Gasteiger partial charge in [-0.3, -0.25) is 4.79 Å². The van der Waals surface area contributed by atoms with Crippen LogP contribution in [-0.4, -0.2) is 33.7 Å². The first-order valence-electron chi connectivity index (χ1n) is 6.78. The molecule has 0 saturated heterocycles. The lowest BCUT2D eigenvalue weighted by molar-refractivity contribution is 0.0925. The van der Waals surface area contributed by atoms with E-state index in [-0.39, 0.29) is 12.4 Å². The summed E-state index contributed by atoms with van der Waals surface area (Å²) in [6, 6.07) is 8.93. The van der Waals surface area contributed by atoms with Crippen molar-refractivity contribution in [1.29, 1.82) is 0 Å². The second kappa shape index (κ2) is 5.60. The third-order valence-corrected chi connectivity index (χ3v) is 3.66. The zero-order valence-electron chi connectivity index (χ0n) is 12.6. The number of carbonyl (C=O) groups excluding carboxylic acids is 1. The maximum Gasteiger partial charge on any atom is 0.200 e. The van der Waals surface area contributed by atoms with Crippen molar-refractivity contribution in [2.75, 3.05) is 27.9 Å². The molecule has 1 aliphatic heterocycles. The SMILES string of the molecule is COc1ccc2c(c1)-c1cc(OC)c(OC)cc1C(=O)CO2. The largest absolute Gasteiger partial charge is 0.497 e. The zero-order valence-corrected chi connectivity index (χ0v) is 12.6. The summed E-state index contributed by atoms with van der Waals surface area (Å²) in [5.74, 6) is 2.30. The lowest BCUT2D eigenvalue weighted by Gasteiger charge is -2.13. The van der Waals surface area contributed by atoms with Crippen LogP contribution < -0.4 is 18.9 Å². The molecule has 0 atom stereocenters. The number of methoxy groups -OCH3 is 3. The van der Waals surface area contributed by atoms with Gasteiger partial charge in [-0.1, -0.05) is 0 Å². The van der Waals surface area contributed by atoms with Gasteiger partial charge in [0.1, 0.15) is 11.5 Å². The molecule has 0 radical (unpaired) electrons. The van der Waals surface area contributed by atoms with Crippen LogP contribution in [0.4, 0.5) is 0 Å². The molecule has 5 heteroatoms. The fourth-order valence-corrected chi connectivity index (χ4v) is 2.53. The van der Waals surface area contributed by atoms with E-state index in [9.17, 15) is 4.79 Å². The van der Waals surface area contributed by atoms with Gasteiger partial charge in [-0.25, -0.2) is 0 Å². The standard InChI is InChI=1S/C17H16O5/c1-19-10-4-5-15-13(6-10)11-7-16(20-2)17(21-3)8-12(11)14(18)9-22-15/h4-8H,9H2,1-3H3. The van der Waals surface area contributed by atoms with Crippen molar-refractivity contribution in [2.45, 2.75) is 0 Å². The fourth-order valence-electron chi connectivity index (χ4n) is 2.53. The number of ketones is 1. The number of hydrogen-bond acceptors (Lipinski definition) is 5. The van der Waals surface area contributed by atoms with Gasteiger partial charge >= 0.3 is 0 Å². The Bertz CT molecular complexity index is 736. The molecular formula is C17H16O5. The van der Waals surface area contributed by atoms with Gasteiger partial charge < -0.3 is 18.9 Å². The minimum Gasteiger partial charge on any atom is -0.497 e. The topological polar surface area (TPSA) is 54.0 Å². The van der Waals surface area contributed by atoms with Crippen LogP contribution in [0.5, 0.6) is 23.0 Å². The molecule has 1 heterocycles. The lowest BCUT2D eigenvalue weighted by Crippen LogP contribution is -2.10. The van der Waals surface area contributed by atoms with Gasteiger partial charge in [-0.2, -0.15) is 0 Å². The molecule has 0 bridgehead atoms. The molecule has 114 valence electrons. The van der Waals surface area contributed by atoms with Crippen molar-refractivity contribution in [3.05, 3.63) is 35.9 Å². The molecular weight excluding hydrogens is 284 g/mol. The van der Waals surface area contributed by atoms with Crippen LogP contribution in [0.3, 0.4) is 0 Å². The molecule has 0 amide bonds. The molecule has 0 spiro atoms. The Morgan fingerprint density at radius 3 is 2.18 bits per heavy atom. The van der Waals surface area contributed by atoms with Gasteiger partial charge in [0.2, 0.25) is 5.78 Å². The van der Waals surface area contributed by atoms with Crippen molar-refractivity contribution < 1.29 is 23.7 Å². The summed E-state index contributed by atoms with van der Waals surface area (Å²) in [5.41, 5.74) is 2.08. The Hall–Kier alpha value is -2.69. The molecule has 0 saturated carbocycles. The van der Waals surface area contributed by atoms with Crippen LogP contribution in [0.25, 0.3) is 11.1 Å². The van der Waals surface area contributed by atoms with E-state index in [4.69, 9.17) is 18.9 Å². The van der Waals surface area contributed by atoms with Gasteiger partial charge in [0, 0.05) is 16.7 Å². The van der Waals surface area contributed by atoms with E-state index in [1.54, 1.807) is 45.6 Å². The highest BCUT2D eigenvalue weighted by Gasteiger charge is 2.24. The van der Waals surface area contributed by atoms with E-state index < -0.39 is 0 Å². The zero-order chi connectivity index (χ0) is 15.7. The average molecular weight is 300 g/mol. The molecule has 0 N–H and O–H groups in total. The highest BCUT2D eigenvalue weighted by atomic mass is 16.5. The fraction of sp³-hybridized carbons (Fsp3) is 0.235. The Kier molecular flexibility index (Phi) is 3.63. The van der Waals surface area contributed by atoms with E-state index in [1.165, 1.54) is 0 Å². The van der Waals surface area contributed by atoms with Crippen LogP contribution in [-0.2, 0) is 0 Å².